The molecular formula is C17H22N4O2. The molecule has 122 valence electrons. The van der Waals surface area contributed by atoms with E-state index in [1.165, 1.54) is 0 Å². The van der Waals surface area contributed by atoms with Gasteiger partial charge in [-0.1, -0.05) is 11.2 Å². The highest BCUT2D eigenvalue weighted by molar-refractivity contribution is 5.96. The predicted octanol–water partition coefficient (Wildman–Crippen LogP) is 2.43. The molecule has 3 heterocycles. The first-order chi connectivity index (χ1) is 11.1. The highest BCUT2D eigenvalue weighted by Gasteiger charge is 2.29. The molecular weight excluding hydrogens is 292 g/mol. The Morgan fingerprint density at radius 1 is 1.30 bits per heavy atom. The third kappa shape index (κ3) is 3.06. The fourth-order valence-electron chi connectivity index (χ4n) is 3.15. The minimum atomic E-state index is 0.0280. The van der Waals surface area contributed by atoms with Gasteiger partial charge in [-0.15, -0.1) is 0 Å². The van der Waals surface area contributed by atoms with Gasteiger partial charge in [0.1, 0.15) is 17.1 Å². The van der Waals surface area contributed by atoms with Crippen molar-refractivity contribution in [1.29, 1.82) is 0 Å². The predicted molar refractivity (Wildman–Crippen MR) is 87.5 cm³/mol. The third-order valence-corrected chi connectivity index (χ3v) is 4.56. The number of hydrogen-bond acceptors (Lipinski definition) is 5. The molecule has 1 aliphatic heterocycles. The Morgan fingerprint density at radius 3 is 2.61 bits per heavy atom. The van der Waals surface area contributed by atoms with E-state index in [9.17, 15) is 4.79 Å². The molecule has 23 heavy (non-hydrogen) atoms. The largest absolute Gasteiger partial charge is 0.361 e. The quantitative estimate of drug-likeness (QED) is 0.870. The molecule has 1 fully saturated rings. The van der Waals surface area contributed by atoms with Crippen molar-refractivity contribution >= 4 is 11.7 Å². The van der Waals surface area contributed by atoms with Gasteiger partial charge in [-0.05, 0) is 38.8 Å². The number of pyridine rings is 1. The molecule has 2 aromatic heterocycles. The SMILES string of the molecule is Cc1noc(C)c1C(=O)N1CCC(N(C)c2ccccn2)CC1. The second-order valence-corrected chi connectivity index (χ2v) is 6.02. The molecule has 6 heteroatoms. The Hall–Kier alpha value is -2.37. The topological polar surface area (TPSA) is 62.5 Å². The van der Waals surface area contributed by atoms with Crippen molar-refractivity contribution in [2.75, 3.05) is 25.0 Å². The molecule has 6 nitrogen and oxygen atoms in total. The molecule has 0 spiro atoms. The first-order valence-electron chi connectivity index (χ1n) is 7.94. The summed E-state index contributed by atoms with van der Waals surface area (Å²) in [5, 5.41) is 3.88. The smallest absolute Gasteiger partial charge is 0.259 e. The number of aromatic nitrogens is 2. The van der Waals surface area contributed by atoms with Crippen molar-refractivity contribution in [3.05, 3.63) is 41.4 Å². The Labute approximate surface area is 136 Å². The number of piperidine rings is 1. The molecule has 3 rings (SSSR count). The van der Waals surface area contributed by atoms with Crippen LogP contribution in [0.5, 0.6) is 0 Å². The van der Waals surface area contributed by atoms with Crippen LogP contribution in [0.25, 0.3) is 0 Å². The Kier molecular flexibility index (Phi) is 4.32. The number of nitrogens with zero attached hydrogens (tertiary/aromatic N) is 4. The van der Waals surface area contributed by atoms with Crippen molar-refractivity contribution in [1.82, 2.24) is 15.0 Å². The molecule has 1 aliphatic rings. The number of hydrogen-bond donors (Lipinski definition) is 0. The average Bonchev–Trinajstić information content (AvgIpc) is 2.93. The van der Waals surface area contributed by atoms with Crippen LogP contribution < -0.4 is 4.90 Å². The molecule has 0 aliphatic carbocycles. The molecule has 1 saturated heterocycles. The van der Waals surface area contributed by atoms with Crippen LogP contribution in [-0.4, -0.2) is 47.1 Å². The first kappa shape index (κ1) is 15.5. The summed E-state index contributed by atoms with van der Waals surface area (Å²) in [5.41, 5.74) is 1.28. The maximum absolute atomic E-state index is 12.6. The highest BCUT2D eigenvalue weighted by Crippen LogP contribution is 2.23. The lowest BCUT2D eigenvalue weighted by atomic mass is 10.0. The lowest BCUT2D eigenvalue weighted by Crippen LogP contribution is -2.46. The van der Waals surface area contributed by atoms with Gasteiger partial charge in [-0.3, -0.25) is 4.79 Å². The summed E-state index contributed by atoms with van der Waals surface area (Å²) in [5.74, 6) is 1.60. The molecule has 0 N–H and O–H groups in total. The van der Waals surface area contributed by atoms with Crippen LogP contribution in [0.1, 0.15) is 34.7 Å². The highest BCUT2D eigenvalue weighted by atomic mass is 16.5. The zero-order chi connectivity index (χ0) is 16.4. The van der Waals surface area contributed by atoms with E-state index in [-0.39, 0.29) is 5.91 Å². The van der Waals surface area contributed by atoms with Crippen LogP contribution in [0.3, 0.4) is 0 Å². The van der Waals surface area contributed by atoms with E-state index in [2.05, 4.69) is 22.1 Å². The van der Waals surface area contributed by atoms with Crippen molar-refractivity contribution in [2.45, 2.75) is 32.7 Å². The summed E-state index contributed by atoms with van der Waals surface area (Å²) >= 11 is 0. The Bertz CT molecular complexity index is 656. The summed E-state index contributed by atoms with van der Waals surface area (Å²) in [4.78, 5) is 21.1. The zero-order valence-corrected chi connectivity index (χ0v) is 13.8. The normalized spacial score (nSPS) is 15.7. The van der Waals surface area contributed by atoms with E-state index in [1.807, 2.05) is 36.2 Å². The average molecular weight is 314 g/mol. The number of rotatable bonds is 3. The first-order valence-corrected chi connectivity index (χ1v) is 7.94. The van der Waals surface area contributed by atoms with Crippen LogP contribution in [0.15, 0.2) is 28.9 Å². The molecule has 0 saturated carbocycles. The van der Waals surface area contributed by atoms with Crippen LogP contribution >= 0.6 is 0 Å². The molecule has 0 aromatic carbocycles. The minimum Gasteiger partial charge on any atom is -0.361 e. The van der Waals surface area contributed by atoms with Gasteiger partial charge in [-0.25, -0.2) is 4.98 Å². The minimum absolute atomic E-state index is 0.0280. The fourth-order valence-corrected chi connectivity index (χ4v) is 3.15. The second kappa shape index (κ2) is 6.40. The second-order valence-electron chi connectivity index (χ2n) is 6.02. The maximum Gasteiger partial charge on any atom is 0.259 e. The van der Waals surface area contributed by atoms with Gasteiger partial charge in [0.15, 0.2) is 0 Å². The van der Waals surface area contributed by atoms with Gasteiger partial charge in [-0.2, -0.15) is 0 Å². The Morgan fingerprint density at radius 2 is 2.04 bits per heavy atom. The number of amides is 1. The number of carbonyl (C=O) groups is 1. The molecule has 0 unspecified atom stereocenters. The molecule has 0 radical (unpaired) electrons. The van der Waals surface area contributed by atoms with Crippen LogP contribution in [-0.2, 0) is 0 Å². The van der Waals surface area contributed by atoms with Gasteiger partial charge in [0.05, 0.1) is 5.69 Å². The summed E-state index contributed by atoms with van der Waals surface area (Å²) < 4.78 is 5.11. The van der Waals surface area contributed by atoms with Gasteiger partial charge in [0.25, 0.3) is 5.91 Å². The standard InChI is InChI=1S/C17H22N4O2/c1-12-16(13(2)23-19-12)17(22)21-10-7-14(8-11-21)20(3)15-6-4-5-9-18-15/h4-6,9,14H,7-8,10-11H2,1-3H3. The number of likely N-dealkylation sites (tertiary alicyclic amines) is 1. The van der Waals surface area contributed by atoms with E-state index in [0.717, 1.165) is 31.7 Å². The molecule has 2 aromatic rings. The van der Waals surface area contributed by atoms with Crippen LogP contribution in [0.4, 0.5) is 5.82 Å². The van der Waals surface area contributed by atoms with E-state index in [0.29, 0.717) is 23.1 Å². The van der Waals surface area contributed by atoms with E-state index < -0.39 is 0 Å². The maximum atomic E-state index is 12.6. The summed E-state index contributed by atoms with van der Waals surface area (Å²) in [6.45, 7) is 5.08. The molecule has 0 bridgehead atoms. The summed E-state index contributed by atoms with van der Waals surface area (Å²) in [6.07, 6.45) is 3.67. The van der Waals surface area contributed by atoms with Crippen molar-refractivity contribution in [3.8, 4) is 0 Å². The van der Waals surface area contributed by atoms with Gasteiger partial charge >= 0.3 is 0 Å². The number of carbonyl (C=O) groups excluding carboxylic acids is 1. The molecule has 0 atom stereocenters. The lowest BCUT2D eigenvalue weighted by Gasteiger charge is -2.37. The van der Waals surface area contributed by atoms with Crippen LogP contribution in [0.2, 0.25) is 0 Å². The summed E-state index contributed by atoms with van der Waals surface area (Å²) in [6, 6.07) is 6.33. The van der Waals surface area contributed by atoms with Crippen LogP contribution in [0, 0.1) is 13.8 Å². The van der Waals surface area contributed by atoms with Crippen molar-refractivity contribution in [3.63, 3.8) is 0 Å². The van der Waals surface area contributed by atoms with Gasteiger partial charge in [0.2, 0.25) is 0 Å². The van der Waals surface area contributed by atoms with Gasteiger partial charge < -0.3 is 14.3 Å². The van der Waals surface area contributed by atoms with Gasteiger partial charge in [0, 0.05) is 32.4 Å². The van der Waals surface area contributed by atoms with E-state index >= 15 is 0 Å². The van der Waals surface area contributed by atoms with Crippen molar-refractivity contribution < 1.29 is 9.32 Å². The summed E-state index contributed by atoms with van der Waals surface area (Å²) in [7, 11) is 2.07. The fraction of sp³-hybridized carbons (Fsp3) is 0.471. The lowest BCUT2D eigenvalue weighted by molar-refractivity contribution is 0.0711. The molecule has 1 amide bonds. The van der Waals surface area contributed by atoms with E-state index in [4.69, 9.17) is 4.52 Å². The third-order valence-electron chi connectivity index (χ3n) is 4.56. The Balaban J connectivity index is 1.64. The number of anilines is 1. The van der Waals surface area contributed by atoms with Crippen molar-refractivity contribution in [2.24, 2.45) is 0 Å². The number of aryl methyl sites for hydroxylation is 2. The van der Waals surface area contributed by atoms with E-state index in [1.54, 1.807) is 6.92 Å². The monoisotopic (exact) mass is 314 g/mol. The zero-order valence-electron chi connectivity index (χ0n) is 13.8.